The topological polar surface area (TPSA) is 93.1 Å². The Morgan fingerprint density at radius 3 is 2.50 bits per heavy atom. The van der Waals surface area contributed by atoms with Crippen LogP contribution >= 0.6 is 0 Å². The molecule has 190 valence electrons. The molecule has 0 saturated heterocycles. The lowest BCUT2D eigenvalue weighted by molar-refractivity contribution is -0.117. The first kappa shape index (κ1) is 28.1. The van der Waals surface area contributed by atoms with Crippen LogP contribution in [0.2, 0.25) is 0 Å². The minimum atomic E-state index is -0.0976. The van der Waals surface area contributed by atoms with Crippen LogP contribution in [0.15, 0.2) is 23.8 Å². The number of aromatic hydroxyl groups is 1. The van der Waals surface area contributed by atoms with Gasteiger partial charge in [0.25, 0.3) is 0 Å². The first-order valence-electron chi connectivity index (χ1n) is 12.7. The summed E-state index contributed by atoms with van der Waals surface area (Å²) in [6.45, 7) is 4.02. The molecule has 6 nitrogen and oxygen atoms in total. The number of carbonyl (C=O) groups excluding carboxylic acids is 2. The van der Waals surface area contributed by atoms with Crippen molar-refractivity contribution in [3.05, 3.63) is 34.9 Å². The average Bonchev–Trinajstić information content (AvgIpc) is 3.32. The van der Waals surface area contributed by atoms with Crippen molar-refractivity contribution in [2.45, 2.75) is 96.5 Å². The molecule has 0 aromatic heterocycles. The lowest BCUT2D eigenvalue weighted by Gasteiger charge is -2.22. The summed E-state index contributed by atoms with van der Waals surface area (Å²) in [4.78, 5) is 24.2. The third-order valence-corrected chi connectivity index (χ3v) is 6.51. The van der Waals surface area contributed by atoms with Crippen LogP contribution in [-0.4, -0.2) is 48.2 Å². The summed E-state index contributed by atoms with van der Waals surface area (Å²) in [7, 11) is 1.64. The van der Waals surface area contributed by atoms with E-state index in [0.717, 1.165) is 48.8 Å². The molecule has 1 fully saturated rings. The van der Waals surface area contributed by atoms with Gasteiger partial charge in [-0.15, -0.1) is 0 Å². The number of aliphatic hydroxyl groups is 1. The van der Waals surface area contributed by atoms with Crippen molar-refractivity contribution >= 4 is 11.6 Å². The standard InChI is InChI=1S/C28H42O6/c1-4-7-22(19-29)16-24(31)13-11-21-17-26(23(14-15-33-3)12-10-20(2)30)28(32)27(18-21)34-25-8-5-6-9-25/h16-18,23,25,29,32H,4-15,19H2,1-3H3/b22-16-/t23-/m0/s1. The molecule has 0 radical (unpaired) electrons. The fourth-order valence-corrected chi connectivity index (χ4v) is 4.60. The Morgan fingerprint density at radius 1 is 1.15 bits per heavy atom. The molecule has 2 N–H and O–H groups in total. The highest BCUT2D eigenvalue weighted by molar-refractivity contribution is 5.90. The summed E-state index contributed by atoms with van der Waals surface area (Å²) in [5.41, 5.74) is 2.44. The second-order valence-electron chi connectivity index (χ2n) is 9.45. The number of ketones is 2. The average molecular weight is 475 g/mol. The molecule has 1 saturated carbocycles. The van der Waals surface area contributed by atoms with Gasteiger partial charge in [-0.2, -0.15) is 0 Å². The molecule has 1 aliphatic rings. The molecular weight excluding hydrogens is 432 g/mol. The van der Waals surface area contributed by atoms with Gasteiger partial charge in [0.1, 0.15) is 5.78 Å². The van der Waals surface area contributed by atoms with Crippen LogP contribution < -0.4 is 4.74 Å². The Hall–Kier alpha value is -2.18. The van der Waals surface area contributed by atoms with Crippen LogP contribution in [0.4, 0.5) is 0 Å². The summed E-state index contributed by atoms with van der Waals surface area (Å²) in [6.07, 6.45) is 10.0. The van der Waals surface area contributed by atoms with Gasteiger partial charge in [-0.3, -0.25) is 4.79 Å². The first-order valence-corrected chi connectivity index (χ1v) is 12.7. The molecule has 0 bridgehead atoms. The van der Waals surface area contributed by atoms with Crippen LogP contribution in [-0.2, 0) is 20.7 Å². The fraction of sp³-hybridized carbons (Fsp3) is 0.643. The van der Waals surface area contributed by atoms with Crippen LogP contribution in [0, 0.1) is 0 Å². The first-order chi connectivity index (χ1) is 16.4. The van der Waals surface area contributed by atoms with Crippen LogP contribution in [0.3, 0.4) is 0 Å². The minimum absolute atomic E-state index is 0.0158. The Morgan fingerprint density at radius 2 is 1.88 bits per heavy atom. The van der Waals surface area contributed by atoms with E-state index in [4.69, 9.17) is 9.47 Å². The van der Waals surface area contributed by atoms with Crippen LogP contribution in [0.1, 0.15) is 95.1 Å². The Balaban J connectivity index is 2.30. The summed E-state index contributed by atoms with van der Waals surface area (Å²) in [6, 6.07) is 3.80. The predicted molar refractivity (Wildman–Crippen MR) is 134 cm³/mol. The summed E-state index contributed by atoms with van der Waals surface area (Å²) in [5.74, 6) is 0.658. The number of carbonyl (C=O) groups is 2. The lowest BCUT2D eigenvalue weighted by atomic mass is 9.88. The van der Waals surface area contributed by atoms with Gasteiger partial charge in [0.15, 0.2) is 17.3 Å². The number of allylic oxidation sites excluding steroid dienone is 1. The third-order valence-electron chi connectivity index (χ3n) is 6.51. The van der Waals surface area contributed by atoms with E-state index in [1.807, 2.05) is 19.1 Å². The monoisotopic (exact) mass is 474 g/mol. The van der Waals surface area contributed by atoms with E-state index >= 15 is 0 Å². The number of phenolic OH excluding ortho intramolecular Hbond substituents is 1. The molecule has 2 rings (SSSR count). The molecule has 0 heterocycles. The van der Waals surface area contributed by atoms with Gasteiger partial charge in [-0.1, -0.05) is 19.4 Å². The molecule has 0 aliphatic heterocycles. The number of phenols is 1. The highest BCUT2D eigenvalue weighted by atomic mass is 16.5. The van der Waals surface area contributed by atoms with Crippen LogP contribution in [0.25, 0.3) is 0 Å². The van der Waals surface area contributed by atoms with Crippen molar-refractivity contribution in [3.63, 3.8) is 0 Å². The minimum Gasteiger partial charge on any atom is -0.504 e. The number of rotatable bonds is 16. The van der Waals surface area contributed by atoms with E-state index in [2.05, 4.69) is 0 Å². The summed E-state index contributed by atoms with van der Waals surface area (Å²) in [5, 5.41) is 20.6. The predicted octanol–water partition coefficient (Wildman–Crippen LogP) is 5.42. The molecule has 1 aliphatic carbocycles. The van der Waals surface area contributed by atoms with Crippen molar-refractivity contribution in [2.24, 2.45) is 0 Å². The van der Waals surface area contributed by atoms with Crippen molar-refractivity contribution in [1.29, 1.82) is 0 Å². The van der Waals surface area contributed by atoms with Gasteiger partial charge in [0.2, 0.25) is 0 Å². The number of hydrogen-bond donors (Lipinski definition) is 2. The van der Waals surface area contributed by atoms with Gasteiger partial charge in [0, 0.05) is 32.1 Å². The smallest absolute Gasteiger partial charge is 0.161 e. The molecule has 0 unspecified atom stereocenters. The normalized spacial score (nSPS) is 15.5. The number of benzene rings is 1. The zero-order chi connectivity index (χ0) is 24.9. The largest absolute Gasteiger partial charge is 0.504 e. The third kappa shape index (κ3) is 9.22. The van der Waals surface area contributed by atoms with Crippen molar-refractivity contribution in [2.75, 3.05) is 20.3 Å². The van der Waals surface area contributed by atoms with Gasteiger partial charge in [0.05, 0.1) is 12.7 Å². The molecule has 0 amide bonds. The molecule has 1 atom stereocenters. The second-order valence-corrected chi connectivity index (χ2v) is 9.45. The Labute approximate surface area is 204 Å². The molecule has 6 heteroatoms. The number of Topliss-reactive ketones (excluding diaryl/α,β-unsaturated/α-hetero) is 1. The quantitative estimate of drug-likeness (QED) is 0.311. The highest BCUT2D eigenvalue weighted by Crippen LogP contribution is 2.41. The maximum absolute atomic E-state index is 12.5. The molecule has 1 aromatic carbocycles. The maximum Gasteiger partial charge on any atom is 0.161 e. The van der Waals surface area contributed by atoms with Crippen molar-refractivity contribution in [3.8, 4) is 11.5 Å². The second kappa shape index (κ2) is 14.9. The SMILES string of the molecule is CCC/C(=C/C(=O)CCc1cc(OC2CCCC2)c(O)c([C@H](CCOC)CCC(C)=O)c1)CO. The van der Waals surface area contributed by atoms with Gasteiger partial charge in [-0.25, -0.2) is 0 Å². The van der Waals surface area contributed by atoms with Crippen LogP contribution in [0.5, 0.6) is 11.5 Å². The number of hydrogen-bond acceptors (Lipinski definition) is 6. The molecule has 1 aromatic rings. The Bertz CT molecular complexity index is 822. The van der Waals surface area contributed by atoms with Crippen molar-refractivity contribution < 1.29 is 29.3 Å². The number of ether oxygens (including phenoxy) is 2. The number of aliphatic hydroxyl groups excluding tert-OH is 1. The van der Waals surface area contributed by atoms with E-state index in [1.165, 1.54) is 0 Å². The van der Waals surface area contributed by atoms with E-state index < -0.39 is 0 Å². The summed E-state index contributed by atoms with van der Waals surface area (Å²) >= 11 is 0. The Kier molecular flexibility index (Phi) is 12.3. The zero-order valence-corrected chi connectivity index (χ0v) is 21.1. The summed E-state index contributed by atoms with van der Waals surface area (Å²) < 4.78 is 11.5. The van der Waals surface area contributed by atoms with Gasteiger partial charge in [-0.05, 0) is 87.5 Å². The highest BCUT2D eigenvalue weighted by Gasteiger charge is 2.24. The number of methoxy groups -OCH3 is 1. The van der Waals surface area contributed by atoms with Gasteiger partial charge >= 0.3 is 0 Å². The number of aryl methyl sites for hydroxylation is 1. The van der Waals surface area contributed by atoms with E-state index in [-0.39, 0.29) is 35.9 Å². The molecule has 0 spiro atoms. The lowest BCUT2D eigenvalue weighted by Crippen LogP contribution is -2.13. The zero-order valence-electron chi connectivity index (χ0n) is 21.1. The molecular formula is C28H42O6. The van der Waals surface area contributed by atoms with E-state index in [0.29, 0.717) is 50.9 Å². The van der Waals surface area contributed by atoms with E-state index in [9.17, 15) is 19.8 Å². The fourth-order valence-electron chi connectivity index (χ4n) is 4.60. The van der Waals surface area contributed by atoms with Crippen molar-refractivity contribution in [1.82, 2.24) is 0 Å². The van der Waals surface area contributed by atoms with Gasteiger partial charge < -0.3 is 24.5 Å². The molecule has 34 heavy (non-hydrogen) atoms. The van der Waals surface area contributed by atoms with E-state index in [1.54, 1.807) is 20.1 Å². The maximum atomic E-state index is 12.5.